The number of halogens is 6. The second-order valence-electron chi connectivity index (χ2n) is 10.9. The Labute approximate surface area is 220 Å². The lowest BCUT2D eigenvalue weighted by Gasteiger charge is -2.37. The smallest absolute Gasteiger partial charge is 0.395 e. The van der Waals surface area contributed by atoms with E-state index < -0.39 is 34.1 Å². The number of aryl methyl sites for hydroxylation is 1. The molecule has 3 saturated carbocycles. The van der Waals surface area contributed by atoms with E-state index in [4.69, 9.17) is 22.1 Å². The number of hydrogen-bond donors (Lipinski definition) is 1. The maximum atomic E-state index is 14.1. The van der Waals surface area contributed by atoms with Gasteiger partial charge in [0, 0.05) is 35.3 Å². The molecule has 4 aliphatic rings. The Hall–Kier alpha value is -2.60. The van der Waals surface area contributed by atoms with E-state index in [1.807, 2.05) is 11.8 Å². The number of hydrogen-bond acceptors (Lipinski definition) is 7. The van der Waals surface area contributed by atoms with Crippen LogP contribution >= 0.6 is 11.6 Å². The lowest BCUT2D eigenvalue weighted by molar-refractivity contribution is -0.167. The van der Waals surface area contributed by atoms with Crippen LogP contribution < -0.4 is 10.6 Å². The molecule has 0 spiro atoms. The molecule has 2 N–H and O–H groups in total. The Morgan fingerprint density at radius 2 is 1.89 bits per heavy atom. The first-order valence-electron chi connectivity index (χ1n) is 12.5. The number of aromatic nitrogens is 3. The van der Waals surface area contributed by atoms with Gasteiger partial charge in [0.1, 0.15) is 6.10 Å². The van der Waals surface area contributed by atoms with Gasteiger partial charge in [-0.05, 0) is 57.2 Å². The molecule has 0 amide bonds. The van der Waals surface area contributed by atoms with E-state index in [1.54, 1.807) is 6.21 Å². The minimum atomic E-state index is -4.43. The van der Waals surface area contributed by atoms with Crippen LogP contribution in [0.25, 0.3) is 11.0 Å². The van der Waals surface area contributed by atoms with Crippen LogP contribution in [-0.4, -0.2) is 58.7 Å². The third-order valence-electron chi connectivity index (χ3n) is 8.13. The van der Waals surface area contributed by atoms with Crippen molar-refractivity contribution in [1.29, 1.82) is 0 Å². The average Bonchev–Trinajstić information content (AvgIpc) is 3.70. The van der Waals surface area contributed by atoms with Gasteiger partial charge < -0.3 is 15.4 Å². The van der Waals surface area contributed by atoms with E-state index in [0.717, 1.165) is 18.9 Å². The predicted octanol–water partition coefficient (Wildman–Crippen LogP) is 4.88. The zero-order valence-electron chi connectivity index (χ0n) is 20.7. The zero-order valence-corrected chi connectivity index (χ0v) is 21.5. The number of ether oxygens (including phenoxy) is 1. The number of pyridine rings is 1. The predicted molar refractivity (Wildman–Crippen MR) is 132 cm³/mol. The van der Waals surface area contributed by atoms with Gasteiger partial charge in [0.05, 0.1) is 41.1 Å². The molecule has 0 bridgehead atoms. The molecule has 204 valence electrons. The average molecular weight is 557 g/mol. The molecular weight excluding hydrogens is 531 g/mol. The van der Waals surface area contributed by atoms with Crippen molar-refractivity contribution < 1.29 is 26.7 Å². The van der Waals surface area contributed by atoms with Crippen LogP contribution in [0.15, 0.2) is 22.8 Å². The highest BCUT2D eigenvalue weighted by atomic mass is 35.5. The molecule has 7 nitrogen and oxygen atoms in total. The van der Waals surface area contributed by atoms with Gasteiger partial charge in [-0.2, -0.15) is 26.9 Å². The maximum absolute atomic E-state index is 14.1. The van der Waals surface area contributed by atoms with Gasteiger partial charge >= 0.3 is 11.6 Å². The number of nitrogens with zero attached hydrogens (tertiary/aromatic N) is 5. The number of alkyl halides is 6. The highest BCUT2D eigenvalue weighted by Crippen LogP contribution is 2.90. The highest BCUT2D eigenvalue weighted by Gasteiger charge is 2.94. The Morgan fingerprint density at radius 1 is 1.18 bits per heavy atom. The largest absolute Gasteiger partial charge is 0.404 e. The summed E-state index contributed by atoms with van der Waals surface area (Å²) in [6, 6.07) is 1.38. The first-order valence-corrected chi connectivity index (χ1v) is 12.8. The molecule has 4 fully saturated rings. The van der Waals surface area contributed by atoms with Crippen molar-refractivity contribution in [3.63, 3.8) is 0 Å². The number of rotatable bonds is 6. The summed E-state index contributed by atoms with van der Waals surface area (Å²) in [6.07, 6.45) is -0.259. The third-order valence-corrected chi connectivity index (χ3v) is 8.33. The second-order valence-corrected chi connectivity index (χ2v) is 11.4. The van der Waals surface area contributed by atoms with Crippen LogP contribution in [-0.2, 0) is 15.5 Å². The zero-order chi connectivity index (χ0) is 27.3. The number of fused-ring (bicyclic) bond motifs is 2. The highest BCUT2D eigenvalue weighted by molar-refractivity contribution is 6.22. The van der Waals surface area contributed by atoms with Crippen molar-refractivity contribution in [3.8, 4) is 0 Å². The molecule has 13 heteroatoms. The van der Waals surface area contributed by atoms with Gasteiger partial charge in [-0.15, -0.1) is 0 Å². The minimum Gasteiger partial charge on any atom is -0.404 e. The summed E-state index contributed by atoms with van der Waals surface area (Å²) in [5, 5.41) is -3.68. The quantitative estimate of drug-likeness (QED) is 0.310. The van der Waals surface area contributed by atoms with E-state index in [1.165, 1.54) is 13.1 Å². The second kappa shape index (κ2) is 8.20. The number of morpholine rings is 1. The molecule has 1 saturated heterocycles. The third kappa shape index (κ3) is 4.02. The van der Waals surface area contributed by atoms with Gasteiger partial charge in [0.15, 0.2) is 5.65 Å². The topological polar surface area (TPSA) is 89.5 Å². The fourth-order valence-electron chi connectivity index (χ4n) is 5.63. The molecular formula is C25H26ClF5N6O. The summed E-state index contributed by atoms with van der Waals surface area (Å²) < 4.78 is 76.0. The number of aliphatic imine (C=N–C) groups is 1. The normalized spacial score (nSPS) is 31.7. The van der Waals surface area contributed by atoms with E-state index >= 15 is 0 Å². The van der Waals surface area contributed by atoms with Crippen molar-refractivity contribution >= 4 is 34.8 Å². The van der Waals surface area contributed by atoms with Crippen LogP contribution in [0.1, 0.15) is 49.6 Å². The summed E-state index contributed by atoms with van der Waals surface area (Å²) >= 11 is 5.29. The van der Waals surface area contributed by atoms with Crippen molar-refractivity contribution in [2.75, 3.05) is 18.0 Å². The molecule has 1 aliphatic heterocycles. The molecule has 2 aromatic heterocycles. The summed E-state index contributed by atoms with van der Waals surface area (Å²) in [5.41, 5.74) is 2.89. The molecule has 2 unspecified atom stereocenters. The SMILES string of the molecule is Cc1nc2nc(N3CC(C)OC(/C(C=NC4CC4)=C/N)C3)nc(C34CC3(C(F)(F)F)C4)c2cc1C(F)(F)Cl. The van der Waals surface area contributed by atoms with Crippen molar-refractivity contribution in [3.05, 3.63) is 34.8 Å². The monoisotopic (exact) mass is 556 g/mol. The lowest BCUT2D eigenvalue weighted by Crippen LogP contribution is -2.48. The summed E-state index contributed by atoms with van der Waals surface area (Å²) in [7, 11) is 0. The molecule has 3 aliphatic carbocycles. The Balaban J connectivity index is 1.42. The Bertz CT molecular complexity index is 1360. The summed E-state index contributed by atoms with van der Waals surface area (Å²) in [6.45, 7) is 3.87. The summed E-state index contributed by atoms with van der Waals surface area (Å²) in [5.74, 6) is 0.171. The van der Waals surface area contributed by atoms with Crippen LogP contribution in [0, 0.1) is 12.3 Å². The number of anilines is 1. The summed E-state index contributed by atoms with van der Waals surface area (Å²) in [4.78, 5) is 19.7. The molecule has 0 aromatic carbocycles. The molecule has 38 heavy (non-hydrogen) atoms. The van der Waals surface area contributed by atoms with E-state index in [2.05, 4.69) is 19.9 Å². The molecule has 3 heterocycles. The van der Waals surface area contributed by atoms with Crippen molar-refractivity contribution in [2.45, 2.75) is 74.8 Å². The molecule has 2 aromatic rings. The van der Waals surface area contributed by atoms with Crippen molar-refractivity contribution in [1.82, 2.24) is 15.0 Å². The standard InChI is InChI=1S/C25H26ClF5N6O/c1-12-8-37(9-18(38-12)14(6-32)7-33-15-3-4-15)21-35-19(22-10-23(22,11-22)25(29,30)31)16-5-17(24(26,27)28)13(2)34-20(16)36-21/h5-7,12,15,18H,3-4,8-11,32H2,1-2H3/b14-6+,33-7?. The van der Waals surface area contributed by atoms with Gasteiger partial charge in [-0.25, -0.2) is 9.97 Å². The molecule has 2 atom stereocenters. The lowest BCUT2D eigenvalue weighted by atomic mass is 10.0. The van der Waals surface area contributed by atoms with Crippen LogP contribution in [0.3, 0.4) is 0 Å². The molecule has 6 rings (SSSR count). The van der Waals surface area contributed by atoms with Crippen LogP contribution in [0.5, 0.6) is 0 Å². The first kappa shape index (κ1) is 25.7. The van der Waals surface area contributed by atoms with Crippen molar-refractivity contribution in [2.24, 2.45) is 16.1 Å². The minimum absolute atomic E-state index is 0.0528. The van der Waals surface area contributed by atoms with Gasteiger partial charge in [-0.3, -0.25) is 4.99 Å². The van der Waals surface area contributed by atoms with Gasteiger partial charge in [0.25, 0.3) is 0 Å². The first-order chi connectivity index (χ1) is 17.8. The number of nitrogens with two attached hydrogens (primary N) is 1. The van der Waals surface area contributed by atoms with E-state index in [9.17, 15) is 22.0 Å². The Morgan fingerprint density at radius 3 is 2.47 bits per heavy atom. The molecule has 0 radical (unpaired) electrons. The Kier molecular flexibility index (Phi) is 5.54. The van der Waals surface area contributed by atoms with Crippen LogP contribution in [0.2, 0.25) is 0 Å². The van der Waals surface area contributed by atoms with E-state index in [-0.39, 0.29) is 53.9 Å². The fourth-order valence-corrected chi connectivity index (χ4v) is 5.82. The fraction of sp³-hybridized carbons (Fsp3) is 0.600. The van der Waals surface area contributed by atoms with E-state index in [0.29, 0.717) is 18.2 Å². The van der Waals surface area contributed by atoms with Crippen LogP contribution in [0.4, 0.5) is 27.9 Å². The van der Waals surface area contributed by atoms with Gasteiger partial charge in [0.2, 0.25) is 5.95 Å². The maximum Gasteiger partial charge on any atom is 0.395 e. The van der Waals surface area contributed by atoms with Gasteiger partial charge in [-0.1, -0.05) is 0 Å².